The number of sulfonamides is 1. The largest absolute Gasteiger partial charge is 0.334 e. The number of benzene rings is 1. The lowest BCUT2D eigenvalue weighted by atomic mass is 10.0. The summed E-state index contributed by atoms with van der Waals surface area (Å²) in [6.07, 6.45) is 4.13. The van der Waals surface area contributed by atoms with E-state index in [1.807, 2.05) is 31.2 Å². The zero-order valence-corrected chi connectivity index (χ0v) is 17.8. The number of hydrogen-bond donors (Lipinski definition) is 0. The van der Waals surface area contributed by atoms with Gasteiger partial charge in [-0.05, 0) is 42.2 Å². The molecule has 1 aliphatic rings. The third-order valence-corrected chi connectivity index (χ3v) is 8.33. The molecule has 9 heteroatoms. The summed E-state index contributed by atoms with van der Waals surface area (Å²) in [6.45, 7) is 2.79. The third-order valence-electron chi connectivity index (χ3n) is 5.07. The van der Waals surface area contributed by atoms with E-state index in [1.54, 1.807) is 23.8 Å². The molecule has 3 aromatic heterocycles. The summed E-state index contributed by atoms with van der Waals surface area (Å²) in [6, 6.07) is 11.5. The Morgan fingerprint density at radius 1 is 1.10 bits per heavy atom. The fraction of sp³-hybridized carbons (Fsp3) is 0.190. The van der Waals surface area contributed by atoms with Gasteiger partial charge in [0.1, 0.15) is 4.21 Å². The van der Waals surface area contributed by atoms with E-state index < -0.39 is 10.0 Å². The van der Waals surface area contributed by atoms with Crippen LogP contribution < -0.4 is 0 Å². The smallest absolute Gasteiger partial charge is 0.259 e. The molecular weight excluding hydrogens is 420 g/mol. The zero-order valence-electron chi connectivity index (χ0n) is 16.1. The quantitative estimate of drug-likeness (QED) is 0.480. The fourth-order valence-corrected chi connectivity index (χ4v) is 6.23. The second-order valence-electron chi connectivity index (χ2n) is 7.19. The van der Waals surface area contributed by atoms with Gasteiger partial charge in [-0.15, -0.1) is 11.3 Å². The molecule has 0 saturated carbocycles. The van der Waals surface area contributed by atoms with Crippen LogP contribution in [0.3, 0.4) is 0 Å². The van der Waals surface area contributed by atoms with Gasteiger partial charge in [0.25, 0.3) is 15.9 Å². The lowest BCUT2D eigenvalue weighted by Gasteiger charge is -2.27. The van der Waals surface area contributed by atoms with Crippen LogP contribution in [0, 0.1) is 6.92 Å². The van der Waals surface area contributed by atoms with Gasteiger partial charge in [-0.1, -0.05) is 29.4 Å². The molecule has 0 spiro atoms. The SMILES string of the molecule is Cc1cncc(-c2noc(-c3csc(S(=O)(=O)N4CCc5ccccc5C4)c3)n2)c1. The van der Waals surface area contributed by atoms with Gasteiger partial charge in [0.2, 0.25) is 5.82 Å². The van der Waals surface area contributed by atoms with Gasteiger partial charge in [0.05, 0.1) is 5.56 Å². The van der Waals surface area contributed by atoms with Gasteiger partial charge in [0.15, 0.2) is 0 Å². The molecule has 1 aliphatic heterocycles. The molecule has 4 heterocycles. The Morgan fingerprint density at radius 2 is 1.93 bits per heavy atom. The summed E-state index contributed by atoms with van der Waals surface area (Å²) in [5, 5.41) is 5.74. The van der Waals surface area contributed by atoms with Crippen molar-refractivity contribution in [1.82, 2.24) is 19.4 Å². The Kier molecular flexibility index (Phi) is 4.73. The molecule has 0 radical (unpaired) electrons. The van der Waals surface area contributed by atoms with Gasteiger partial charge < -0.3 is 4.52 Å². The molecule has 0 bridgehead atoms. The van der Waals surface area contributed by atoms with Gasteiger partial charge in [-0.25, -0.2) is 8.42 Å². The molecule has 4 aromatic rings. The highest BCUT2D eigenvalue weighted by molar-refractivity contribution is 7.91. The highest BCUT2D eigenvalue weighted by atomic mass is 32.2. The van der Waals surface area contributed by atoms with Crippen LogP contribution in [0.2, 0.25) is 0 Å². The van der Waals surface area contributed by atoms with Crippen LogP contribution >= 0.6 is 11.3 Å². The van der Waals surface area contributed by atoms with Gasteiger partial charge >= 0.3 is 0 Å². The normalized spacial score (nSPS) is 14.6. The first-order valence-electron chi connectivity index (χ1n) is 9.42. The summed E-state index contributed by atoms with van der Waals surface area (Å²) in [4.78, 5) is 8.55. The molecule has 0 fully saturated rings. The van der Waals surface area contributed by atoms with Gasteiger partial charge in [-0.2, -0.15) is 9.29 Å². The van der Waals surface area contributed by atoms with Crippen molar-refractivity contribution in [2.75, 3.05) is 6.54 Å². The zero-order chi connectivity index (χ0) is 20.7. The first-order chi connectivity index (χ1) is 14.5. The first kappa shape index (κ1) is 19.1. The number of fused-ring (bicyclic) bond motifs is 1. The highest BCUT2D eigenvalue weighted by Crippen LogP contribution is 2.32. The first-order valence-corrected chi connectivity index (χ1v) is 11.7. The summed E-state index contributed by atoms with van der Waals surface area (Å²) < 4.78 is 33.5. The van der Waals surface area contributed by atoms with E-state index in [1.165, 1.54) is 9.87 Å². The van der Waals surface area contributed by atoms with E-state index >= 15 is 0 Å². The second kappa shape index (κ2) is 7.42. The Labute approximate surface area is 178 Å². The minimum Gasteiger partial charge on any atom is -0.334 e. The van der Waals surface area contributed by atoms with Crippen molar-refractivity contribution < 1.29 is 12.9 Å². The van der Waals surface area contributed by atoms with Crippen molar-refractivity contribution in [3.8, 4) is 22.8 Å². The number of pyridine rings is 1. The summed E-state index contributed by atoms with van der Waals surface area (Å²) >= 11 is 1.16. The minimum atomic E-state index is -3.59. The molecular formula is C21H18N4O3S2. The van der Waals surface area contributed by atoms with Crippen LogP contribution in [0.5, 0.6) is 0 Å². The summed E-state index contributed by atoms with van der Waals surface area (Å²) in [7, 11) is -3.59. The van der Waals surface area contributed by atoms with E-state index in [2.05, 4.69) is 21.2 Å². The van der Waals surface area contributed by atoms with Gasteiger partial charge in [-0.3, -0.25) is 4.98 Å². The average Bonchev–Trinajstić information content (AvgIpc) is 3.43. The van der Waals surface area contributed by atoms with Crippen LogP contribution in [0.1, 0.15) is 16.7 Å². The number of thiophene rings is 1. The molecule has 0 unspecified atom stereocenters. The number of nitrogens with zero attached hydrogens (tertiary/aromatic N) is 4. The predicted molar refractivity (Wildman–Crippen MR) is 113 cm³/mol. The standard InChI is InChI=1S/C21H18N4O3S2/c1-14-8-17(11-22-10-14)20-23-21(28-24-20)18-9-19(29-13-18)30(26,27)25-7-6-15-4-2-3-5-16(15)12-25/h2-5,8-11,13H,6-7,12H2,1H3. The second-order valence-corrected chi connectivity index (χ2v) is 10.3. The van der Waals surface area contributed by atoms with Crippen molar-refractivity contribution in [1.29, 1.82) is 0 Å². The molecule has 152 valence electrons. The molecule has 0 atom stereocenters. The number of rotatable bonds is 4. The van der Waals surface area contributed by atoms with E-state index in [0.717, 1.165) is 28.0 Å². The lowest BCUT2D eigenvalue weighted by molar-refractivity contribution is 0.392. The topological polar surface area (TPSA) is 89.2 Å². The van der Waals surface area contributed by atoms with Crippen LogP contribution in [0.4, 0.5) is 0 Å². The Balaban J connectivity index is 1.41. The van der Waals surface area contributed by atoms with E-state index in [4.69, 9.17) is 4.52 Å². The maximum atomic E-state index is 13.2. The van der Waals surface area contributed by atoms with E-state index in [-0.39, 0.29) is 10.1 Å². The molecule has 30 heavy (non-hydrogen) atoms. The summed E-state index contributed by atoms with van der Waals surface area (Å²) in [5.74, 6) is 0.706. The van der Waals surface area contributed by atoms with Crippen molar-refractivity contribution >= 4 is 21.4 Å². The molecule has 7 nitrogen and oxygen atoms in total. The number of aromatic nitrogens is 3. The maximum Gasteiger partial charge on any atom is 0.259 e. The Bertz CT molecular complexity index is 1330. The molecule has 0 amide bonds. The third kappa shape index (κ3) is 3.45. The molecule has 0 saturated heterocycles. The molecule has 1 aromatic carbocycles. The predicted octanol–water partition coefficient (Wildman–Crippen LogP) is 3.92. The van der Waals surface area contributed by atoms with E-state index in [9.17, 15) is 8.42 Å². The van der Waals surface area contributed by atoms with Crippen LogP contribution in [0.25, 0.3) is 22.8 Å². The van der Waals surface area contributed by atoms with Crippen LogP contribution in [-0.4, -0.2) is 34.4 Å². The number of hydrogen-bond acceptors (Lipinski definition) is 7. The maximum absolute atomic E-state index is 13.2. The van der Waals surface area contributed by atoms with Crippen molar-refractivity contribution in [3.05, 3.63) is 70.9 Å². The van der Waals surface area contributed by atoms with Crippen molar-refractivity contribution in [2.45, 2.75) is 24.1 Å². The molecule has 0 N–H and O–H groups in total. The monoisotopic (exact) mass is 438 g/mol. The Morgan fingerprint density at radius 3 is 2.77 bits per heavy atom. The van der Waals surface area contributed by atoms with E-state index in [0.29, 0.717) is 30.9 Å². The minimum absolute atomic E-state index is 0.272. The molecule has 5 rings (SSSR count). The fourth-order valence-electron chi connectivity index (χ4n) is 3.50. The van der Waals surface area contributed by atoms with Gasteiger partial charge in [0, 0.05) is 36.4 Å². The highest BCUT2D eigenvalue weighted by Gasteiger charge is 2.30. The lowest BCUT2D eigenvalue weighted by Crippen LogP contribution is -2.35. The van der Waals surface area contributed by atoms with Crippen molar-refractivity contribution in [2.24, 2.45) is 0 Å². The summed E-state index contributed by atoms with van der Waals surface area (Å²) in [5.41, 5.74) is 4.60. The molecule has 0 aliphatic carbocycles. The van der Waals surface area contributed by atoms with Crippen molar-refractivity contribution in [3.63, 3.8) is 0 Å². The number of aryl methyl sites for hydroxylation is 1. The Hall–Kier alpha value is -2.88. The van der Waals surface area contributed by atoms with Crippen LogP contribution in [0.15, 0.2) is 62.9 Å². The average molecular weight is 439 g/mol. The van der Waals surface area contributed by atoms with Crippen LogP contribution in [-0.2, 0) is 23.0 Å².